The van der Waals surface area contributed by atoms with Crippen LogP contribution in [0, 0.1) is 0 Å². The number of furan rings is 1. The molecule has 0 aliphatic carbocycles. The predicted molar refractivity (Wildman–Crippen MR) is 117 cm³/mol. The van der Waals surface area contributed by atoms with E-state index in [1.807, 2.05) is 21.9 Å². The van der Waals surface area contributed by atoms with Gasteiger partial charge < -0.3 is 19.0 Å². The second kappa shape index (κ2) is 10.5. The zero-order valence-electron chi connectivity index (χ0n) is 17.9. The first-order valence-electron chi connectivity index (χ1n) is 11.2. The maximum atomic E-state index is 12.7. The summed E-state index contributed by atoms with van der Waals surface area (Å²) in [5, 5.41) is 0. The molecule has 2 fully saturated rings. The number of carbonyl (C=O) groups is 2. The number of hydrogen-bond donors (Lipinski definition) is 0. The van der Waals surface area contributed by atoms with Crippen molar-refractivity contribution in [3.8, 4) is 5.75 Å². The molecule has 1 aromatic carbocycles. The van der Waals surface area contributed by atoms with Gasteiger partial charge in [-0.05, 0) is 49.1 Å². The summed E-state index contributed by atoms with van der Waals surface area (Å²) in [6.07, 6.45) is 6.48. The van der Waals surface area contributed by atoms with Crippen molar-refractivity contribution in [2.24, 2.45) is 0 Å². The number of piperazine rings is 1. The quantitative estimate of drug-likeness (QED) is 0.609. The van der Waals surface area contributed by atoms with Crippen LogP contribution in [0.1, 0.15) is 41.8 Å². The number of carbonyl (C=O) groups excluding carboxylic acids is 2. The molecule has 1 aromatic heterocycles. The Labute approximate surface area is 183 Å². The second-order valence-electron chi connectivity index (χ2n) is 8.32. The predicted octanol–water partition coefficient (Wildman–Crippen LogP) is 3.02. The van der Waals surface area contributed by atoms with E-state index in [4.69, 9.17) is 9.15 Å². The van der Waals surface area contributed by atoms with Gasteiger partial charge in [0.05, 0.1) is 12.9 Å². The van der Waals surface area contributed by atoms with Crippen molar-refractivity contribution in [3.63, 3.8) is 0 Å². The lowest BCUT2D eigenvalue weighted by Gasteiger charge is -2.35. The van der Waals surface area contributed by atoms with Gasteiger partial charge in [0.15, 0.2) is 5.76 Å². The minimum atomic E-state index is -0.0203. The van der Waals surface area contributed by atoms with Crippen molar-refractivity contribution in [1.29, 1.82) is 0 Å². The number of amides is 2. The molecular weight excluding hydrogens is 394 g/mol. The molecule has 1 unspecified atom stereocenters. The Balaban J connectivity index is 1.23. The lowest BCUT2D eigenvalue weighted by Crippen LogP contribution is -2.45. The Morgan fingerprint density at radius 2 is 1.87 bits per heavy atom. The molecular formula is C24H31N3O4. The highest BCUT2D eigenvalue weighted by molar-refractivity contribution is 5.91. The van der Waals surface area contributed by atoms with Crippen LogP contribution >= 0.6 is 0 Å². The number of ether oxygens (including phenoxy) is 1. The average Bonchev–Trinajstić information content (AvgIpc) is 3.36. The molecule has 0 radical (unpaired) electrons. The van der Waals surface area contributed by atoms with E-state index in [9.17, 15) is 9.59 Å². The van der Waals surface area contributed by atoms with Gasteiger partial charge in [-0.3, -0.25) is 14.5 Å². The van der Waals surface area contributed by atoms with Gasteiger partial charge in [-0.25, -0.2) is 0 Å². The van der Waals surface area contributed by atoms with E-state index in [0.717, 1.165) is 77.1 Å². The molecule has 3 heterocycles. The van der Waals surface area contributed by atoms with Crippen LogP contribution in [0.15, 0.2) is 47.1 Å². The average molecular weight is 426 g/mol. The van der Waals surface area contributed by atoms with E-state index < -0.39 is 0 Å². The summed E-state index contributed by atoms with van der Waals surface area (Å²) in [5.41, 5.74) is 1.24. The molecule has 2 aromatic rings. The molecule has 0 spiro atoms. The molecule has 31 heavy (non-hydrogen) atoms. The monoisotopic (exact) mass is 425 g/mol. The Morgan fingerprint density at radius 1 is 1.06 bits per heavy atom. The van der Waals surface area contributed by atoms with Crippen molar-refractivity contribution in [2.45, 2.75) is 38.3 Å². The lowest BCUT2D eigenvalue weighted by molar-refractivity contribution is -0.119. The molecule has 7 nitrogen and oxygen atoms in total. The van der Waals surface area contributed by atoms with Gasteiger partial charge in [-0.1, -0.05) is 12.1 Å². The first-order chi connectivity index (χ1) is 15.2. The van der Waals surface area contributed by atoms with E-state index in [1.165, 1.54) is 5.56 Å². The third kappa shape index (κ3) is 5.67. The molecule has 2 aliphatic rings. The third-order valence-corrected chi connectivity index (χ3v) is 6.23. The maximum absolute atomic E-state index is 12.7. The van der Waals surface area contributed by atoms with E-state index in [2.05, 4.69) is 17.0 Å². The molecule has 1 atom stereocenters. The number of likely N-dealkylation sites (tertiary alicyclic amines) is 1. The SMILES string of the molecule is O=CN1CCN(Cc2ccc(OCCC3CCCCN3C(=O)c3ccco3)cc2)CC1. The van der Waals surface area contributed by atoms with Gasteiger partial charge in [-0.15, -0.1) is 0 Å². The standard InChI is InChI=1S/C24H31N3O4/c28-19-26-14-12-25(13-15-26)18-20-6-8-22(9-7-20)30-17-10-21-4-1-2-11-27(21)24(29)23-5-3-16-31-23/h3,5-9,16,19,21H,1-2,4,10-15,17-18H2. The number of piperidine rings is 1. The van der Waals surface area contributed by atoms with Crippen molar-refractivity contribution < 1.29 is 18.7 Å². The minimum absolute atomic E-state index is 0.0203. The van der Waals surface area contributed by atoms with Crippen molar-refractivity contribution in [3.05, 3.63) is 54.0 Å². The normalized spacial score (nSPS) is 19.9. The molecule has 2 saturated heterocycles. The van der Waals surface area contributed by atoms with Gasteiger partial charge >= 0.3 is 0 Å². The van der Waals surface area contributed by atoms with Gasteiger partial charge in [0, 0.05) is 51.7 Å². The third-order valence-electron chi connectivity index (χ3n) is 6.23. The minimum Gasteiger partial charge on any atom is -0.494 e. The summed E-state index contributed by atoms with van der Waals surface area (Å²) in [6, 6.07) is 11.9. The number of rotatable bonds is 8. The van der Waals surface area contributed by atoms with E-state index in [-0.39, 0.29) is 11.9 Å². The van der Waals surface area contributed by atoms with Gasteiger partial charge in [-0.2, -0.15) is 0 Å². The largest absolute Gasteiger partial charge is 0.494 e. The van der Waals surface area contributed by atoms with Crippen molar-refractivity contribution >= 4 is 12.3 Å². The van der Waals surface area contributed by atoms with E-state index in [0.29, 0.717) is 12.4 Å². The topological polar surface area (TPSA) is 66.2 Å². The van der Waals surface area contributed by atoms with Gasteiger partial charge in [0.1, 0.15) is 5.75 Å². The molecule has 4 rings (SSSR count). The zero-order chi connectivity index (χ0) is 21.5. The number of nitrogens with zero attached hydrogens (tertiary/aromatic N) is 3. The zero-order valence-corrected chi connectivity index (χ0v) is 17.9. The molecule has 7 heteroatoms. The van der Waals surface area contributed by atoms with Crippen molar-refractivity contribution in [1.82, 2.24) is 14.7 Å². The summed E-state index contributed by atoms with van der Waals surface area (Å²) in [6.45, 7) is 5.66. The summed E-state index contributed by atoms with van der Waals surface area (Å²) < 4.78 is 11.3. The number of hydrogen-bond acceptors (Lipinski definition) is 5. The fourth-order valence-electron chi connectivity index (χ4n) is 4.40. The first kappa shape index (κ1) is 21.4. The highest BCUT2D eigenvalue weighted by Crippen LogP contribution is 2.23. The molecule has 2 amide bonds. The summed E-state index contributed by atoms with van der Waals surface area (Å²) in [5.74, 6) is 1.25. The molecule has 0 bridgehead atoms. The second-order valence-corrected chi connectivity index (χ2v) is 8.32. The summed E-state index contributed by atoms with van der Waals surface area (Å²) in [7, 11) is 0. The first-order valence-corrected chi connectivity index (χ1v) is 11.2. The molecule has 0 N–H and O–H groups in total. The van der Waals surface area contributed by atoms with Crippen LogP contribution in [-0.2, 0) is 11.3 Å². The Kier molecular flexibility index (Phi) is 7.25. The molecule has 2 aliphatic heterocycles. The highest BCUT2D eigenvalue weighted by Gasteiger charge is 2.28. The van der Waals surface area contributed by atoms with E-state index in [1.54, 1.807) is 18.4 Å². The van der Waals surface area contributed by atoms with Crippen LogP contribution in [0.25, 0.3) is 0 Å². The summed E-state index contributed by atoms with van der Waals surface area (Å²) >= 11 is 0. The van der Waals surface area contributed by atoms with Crippen LogP contribution in [0.5, 0.6) is 5.75 Å². The molecule has 166 valence electrons. The van der Waals surface area contributed by atoms with E-state index >= 15 is 0 Å². The summed E-state index contributed by atoms with van der Waals surface area (Å²) in [4.78, 5) is 29.7. The van der Waals surface area contributed by atoms with Gasteiger partial charge in [0.25, 0.3) is 5.91 Å². The Bertz CT molecular complexity index is 829. The smallest absolute Gasteiger partial charge is 0.289 e. The Hall–Kier alpha value is -2.80. The lowest BCUT2D eigenvalue weighted by atomic mass is 9.99. The highest BCUT2D eigenvalue weighted by atomic mass is 16.5. The number of benzene rings is 1. The van der Waals surface area contributed by atoms with Crippen LogP contribution in [0.2, 0.25) is 0 Å². The van der Waals surface area contributed by atoms with Crippen LogP contribution < -0.4 is 4.74 Å². The van der Waals surface area contributed by atoms with Crippen LogP contribution in [0.4, 0.5) is 0 Å². The fraction of sp³-hybridized carbons (Fsp3) is 0.500. The maximum Gasteiger partial charge on any atom is 0.289 e. The Morgan fingerprint density at radius 3 is 2.58 bits per heavy atom. The van der Waals surface area contributed by atoms with Crippen molar-refractivity contribution in [2.75, 3.05) is 39.3 Å². The van der Waals surface area contributed by atoms with Crippen LogP contribution in [0.3, 0.4) is 0 Å². The molecule has 0 saturated carbocycles. The van der Waals surface area contributed by atoms with Crippen LogP contribution in [-0.4, -0.2) is 72.4 Å². The fourth-order valence-corrected chi connectivity index (χ4v) is 4.40. The van der Waals surface area contributed by atoms with Gasteiger partial charge in [0.2, 0.25) is 6.41 Å².